The molecule has 0 fully saturated rings. The predicted molar refractivity (Wildman–Crippen MR) is 83.2 cm³/mol. The van der Waals surface area contributed by atoms with Gasteiger partial charge in [-0.25, -0.2) is 14.4 Å². The largest absolute Gasteiger partial charge is 0.369 e. The zero-order valence-corrected chi connectivity index (χ0v) is 13.1. The van der Waals surface area contributed by atoms with Gasteiger partial charge in [0.05, 0.1) is 0 Å². The van der Waals surface area contributed by atoms with E-state index in [4.69, 9.17) is 11.6 Å². The van der Waals surface area contributed by atoms with Crippen molar-refractivity contribution in [1.29, 1.82) is 0 Å². The minimum Gasteiger partial charge on any atom is -0.369 e. The van der Waals surface area contributed by atoms with Crippen molar-refractivity contribution < 1.29 is 4.39 Å². The first-order valence-electron chi connectivity index (χ1n) is 6.07. The van der Waals surface area contributed by atoms with Gasteiger partial charge in [-0.2, -0.15) is 0 Å². The Labute approximate surface area is 129 Å². The summed E-state index contributed by atoms with van der Waals surface area (Å²) in [4.78, 5) is 8.27. The van der Waals surface area contributed by atoms with Gasteiger partial charge in [-0.1, -0.05) is 18.5 Å². The van der Waals surface area contributed by atoms with Gasteiger partial charge >= 0.3 is 0 Å². The van der Waals surface area contributed by atoms with Gasteiger partial charge in [-0.15, -0.1) is 0 Å². The lowest BCUT2D eigenvalue weighted by Gasteiger charge is -2.11. The molecule has 0 bridgehead atoms. The molecule has 0 aliphatic heterocycles. The van der Waals surface area contributed by atoms with Gasteiger partial charge in [-0.05, 0) is 40.5 Å². The van der Waals surface area contributed by atoms with Crippen LogP contribution >= 0.6 is 27.5 Å². The van der Waals surface area contributed by atoms with Crippen molar-refractivity contribution in [3.63, 3.8) is 0 Å². The molecular formula is C13H13BrClFN4. The molecule has 1 aromatic carbocycles. The van der Waals surface area contributed by atoms with E-state index in [9.17, 15) is 4.39 Å². The molecule has 4 nitrogen and oxygen atoms in total. The van der Waals surface area contributed by atoms with Crippen LogP contribution in [0, 0.1) is 5.82 Å². The van der Waals surface area contributed by atoms with Crippen molar-refractivity contribution in [1.82, 2.24) is 9.97 Å². The summed E-state index contributed by atoms with van der Waals surface area (Å²) in [6.07, 6.45) is 2.42. The van der Waals surface area contributed by atoms with Crippen molar-refractivity contribution in [3.05, 3.63) is 39.8 Å². The van der Waals surface area contributed by atoms with Crippen LogP contribution in [-0.2, 0) is 0 Å². The van der Waals surface area contributed by atoms with Crippen LogP contribution < -0.4 is 10.6 Å². The normalized spacial score (nSPS) is 10.4. The quantitative estimate of drug-likeness (QED) is 0.819. The Kier molecular flexibility index (Phi) is 5.14. The molecule has 0 saturated heterocycles. The number of hydrogen-bond donors (Lipinski definition) is 2. The lowest BCUT2D eigenvalue weighted by atomic mass is 10.3. The maximum atomic E-state index is 13.3. The van der Waals surface area contributed by atoms with Crippen LogP contribution in [0.25, 0.3) is 0 Å². The van der Waals surface area contributed by atoms with Gasteiger partial charge in [0.1, 0.15) is 28.3 Å². The minimum absolute atomic E-state index is 0.321. The van der Waals surface area contributed by atoms with Crippen LogP contribution in [0.2, 0.25) is 5.02 Å². The van der Waals surface area contributed by atoms with E-state index in [1.54, 1.807) is 6.07 Å². The fraction of sp³-hybridized carbons (Fsp3) is 0.231. The first kappa shape index (κ1) is 15.0. The number of rotatable bonds is 5. The molecular weight excluding hydrogens is 347 g/mol. The molecule has 1 aromatic heterocycles. The molecule has 2 N–H and O–H groups in total. The number of nitrogens with zero attached hydrogens (tertiary/aromatic N) is 2. The topological polar surface area (TPSA) is 49.8 Å². The molecule has 2 rings (SSSR count). The molecule has 0 radical (unpaired) electrons. The molecule has 1 heterocycles. The Morgan fingerprint density at radius 3 is 2.70 bits per heavy atom. The number of aromatic nitrogens is 2. The molecule has 0 atom stereocenters. The second-order valence-electron chi connectivity index (χ2n) is 4.09. The highest BCUT2D eigenvalue weighted by atomic mass is 79.9. The third-order valence-electron chi connectivity index (χ3n) is 2.46. The SMILES string of the molecule is CCCNc1ncnc(Nc2cc(F)cc(Cl)c2)c1Br. The van der Waals surface area contributed by atoms with Crippen LogP contribution in [0.5, 0.6) is 0 Å². The van der Waals surface area contributed by atoms with E-state index in [1.807, 2.05) is 0 Å². The molecule has 0 aliphatic carbocycles. The summed E-state index contributed by atoms with van der Waals surface area (Å²) in [6.45, 7) is 2.87. The van der Waals surface area contributed by atoms with E-state index >= 15 is 0 Å². The lowest BCUT2D eigenvalue weighted by Crippen LogP contribution is -2.05. The highest BCUT2D eigenvalue weighted by Gasteiger charge is 2.09. The summed E-state index contributed by atoms with van der Waals surface area (Å²) in [6, 6.07) is 4.22. The van der Waals surface area contributed by atoms with E-state index in [0.717, 1.165) is 13.0 Å². The third-order valence-corrected chi connectivity index (χ3v) is 3.43. The smallest absolute Gasteiger partial charge is 0.150 e. The van der Waals surface area contributed by atoms with E-state index in [2.05, 4.69) is 43.5 Å². The standard InChI is InChI=1S/C13H13BrClFN4/c1-2-3-17-12-11(14)13(19-7-18-12)20-10-5-8(15)4-9(16)6-10/h4-7H,2-3H2,1H3,(H2,17,18,19,20). The fourth-order valence-electron chi connectivity index (χ4n) is 1.59. The van der Waals surface area contributed by atoms with E-state index in [-0.39, 0.29) is 0 Å². The van der Waals surface area contributed by atoms with Gasteiger partial charge in [-0.3, -0.25) is 0 Å². The summed E-state index contributed by atoms with van der Waals surface area (Å²) in [5.74, 6) is 0.821. The number of benzene rings is 1. The van der Waals surface area contributed by atoms with Crippen LogP contribution in [0.15, 0.2) is 29.0 Å². The minimum atomic E-state index is -0.408. The summed E-state index contributed by atoms with van der Waals surface area (Å²) >= 11 is 9.25. The molecule has 20 heavy (non-hydrogen) atoms. The Morgan fingerprint density at radius 2 is 2.00 bits per heavy atom. The molecule has 7 heteroatoms. The molecule has 106 valence electrons. The first-order chi connectivity index (χ1) is 9.60. The first-order valence-corrected chi connectivity index (χ1v) is 7.24. The van der Waals surface area contributed by atoms with Crippen molar-refractivity contribution in [2.75, 3.05) is 17.2 Å². The van der Waals surface area contributed by atoms with Crippen LogP contribution in [0.1, 0.15) is 13.3 Å². The van der Waals surface area contributed by atoms with Crippen molar-refractivity contribution >= 4 is 44.9 Å². The summed E-state index contributed by atoms with van der Waals surface area (Å²) < 4.78 is 14.0. The average molecular weight is 360 g/mol. The zero-order valence-electron chi connectivity index (χ0n) is 10.8. The second-order valence-corrected chi connectivity index (χ2v) is 5.32. The molecule has 0 saturated carbocycles. The van der Waals surface area contributed by atoms with E-state index in [0.29, 0.717) is 26.8 Å². The third kappa shape index (κ3) is 3.80. The molecule has 0 amide bonds. The maximum absolute atomic E-state index is 13.3. The van der Waals surface area contributed by atoms with Gasteiger partial charge < -0.3 is 10.6 Å². The molecule has 2 aromatic rings. The van der Waals surface area contributed by atoms with Gasteiger partial charge in [0.25, 0.3) is 0 Å². The summed E-state index contributed by atoms with van der Waals surface area (Å²) in [5, 5.41) is 6.50. The van der Waals surface area contributed by atoms with E-state index < -0.39 is 5.82 Å². The highest BCUT2D eigenvalue weighted by molar-refractivity contribution is 9.10. The second kappa shape index (κ2) is 6.85. The predicted octanol–water partition coefficient (Wildman–Crippen LogP) is 4.60. The van der Waals surface area contributed by atoms with Gasteiger partial charge in [0.2, 0.25) is 0 Å². The van der Waals surface area contributed by atoms with Gasteiger partial charge in [0, 0.05) is 17.3 Å². The van der Waals surface area contributed by atoms with Crippen LogP contribution in [0.3, 0.4) is 0 Å². The number of hydrogen-bond acceptors (Lipinski definition) is 4. The zero-order chi connectivity index (χ0) is 14.5. The van der Waals surface area contributed by atoms with Crippen molar-refractivity contribution in [3.8, 4) is 0 Å². The number of anilines is 3. The molecule has 0 spiro atoms. The average Bonchev–Trinajstić information content (AvgIpc) is 2.38. The van der Waals surface area contributed by atoms with Crippen LogP contribution in [0.4, 0.5) is 21.7 Å². The Balaban J connectivity index is 2.24. The maximum Gasteiger partial charge on any atom is 0.150 e. The Morgan fingerprint density at radius 1 is 1.25 bits per heavy atom. The number of halogens is 3. The van der Waals surface area contributed by atoms with Crippen molar-refractivity contribution in [2.24, 2.45) is 0 Å². The fourth-order valence-corrected chi connectivity index (χ4v) is 2.25. The van der Waals surface area contributed by atoms with Gasteiger partial charge in [0.15, 0.2) is 0 Å². The lowest BCUT2D eigenvalue weighted by molar-refractivity contribution is 0.628. The number of nitrogens with one attached hydrogen (secondary N) is 2. The Bertz CT molecular complexity index is 589. The van der Waals surface area contributed by atoms with Crippen LogP contribution in [-0.4, -0.2) is 16.5 Å². The summed E-state index contributed by atoms with van der Waals surface area (Å²) in [5.41, 5.74) is 0.524. The molecule has 0 unspecified atom stereocenters. The molecule has 0 aliphatic rings. The summed E-state index contributed by atoms with van der Waals surface area (Å²) in [7, 11) is 0. The monoisotopic (exact) mass is 358 g/mol. The van der Waals surface area contributed by atoms with E-state index in [1.165, 1.54) is 18.5 Å². The Hall–Kier alpha value is -1.40. The van der Waals surface area contributed by atoms with Crippen molar-refractivity contribution in [2.45, 2.75) is 13.3 Å². The highest BCUT2D eigenvalue weighted by Crippen LogP contribution is 2.30.